The summed E-state index contributed by atoms with van der Waals surface area (Å²) < 4.78 is 10.2. The second kappa shape index (κ2) is 8.97. The number of rotatable bonds is 8. The summed E-state index contributed by atoms with van der Waals surface area (Å²) in [4.78, 5) is 15.8. The van der Waals surface area contributed by atoms with Gasteiger partial charge in [0, 0.05) is 17.6 Å². The molecule has 0 saturated heterocycles. The number of hydrogen-bond acceptors (Lipinski definition) is 6. The van der Waals surface area contributed by atoms with Crippen LogP contribution in [0.1, 0.15) is 46.8 Å². The topological polar surface area (TPSA) is 60.5 Å². The molecule has 1 unspecified atom stereocenters. The summed E-state index contributed by atoms with van der Waals surface area (Å²) in [5.74, 6) is 0.366. The summed E-state index contributed by atoms with van der Waals surface area (Å²) >= 11 is 1.70. The number of nitrogens with one attached hydrogen (secondary N) is 1. The minimum atomic E-state index is -0.380. The van der Waals surface area contributed by atoms with Crippen LogP contribution < -0.4 is 10.1 Å². The van der Waals surface area contributed by atoms with E-state index < -0.39 is 0 Å². The lowest BCUT2D eigenvalue weighted by Crippen LogP contribution is -2.20. The van der Waals surface area contributed by atoms with Crippen molar-refractivity contribution in [3.05, 3.63) is 44.9 Å². The van der Waals surface area contributed by atoms with Gasteiger partial charge in [-0.2, -0.15) is 0 Å². The number of nitrogens with zero attached hydrogens (tertiary/aromatic N) is 1. The molecule has 136 valence electrons. The zero-order chi connectivity index (χ0) is 18.4. The molecule has 0 fully saturated rings. The second-order valence-electron chi connectivity index (χ2n) is 6.09. The zero-order valence-corrected chi connectivity index (χ0v) is 16.3. The first-order chi connectivity index (χ1) is 11.9. The van der Waals surface area contributed by atoms with Crippen molar-refractivity contribution < 1.29 is 14.3 Å². The lowest BCUT2D eigenvalue weighted by atomic mass is 10.1. The monoisotopic (exact) mass is 362 g/mol. The van der Waals surface area contributed by atoms with Crippen molar-refractivity contribution in [2.75, 3.05) is 13.7 Å². The van der Waals surface area contributed by atoms with Gasteiger partial charge in [0.05, 0.1) is 13.2 Å². The van der Waals surface area contributed by atoms with Crippen molar-refractivity contribution in [3.8, 4) is 5.75 Å². The van der Waals surface area contributed by atoms with Gasteiger partial charge in [-0.15, -0.1) is 11.3 Å². The fourth-order valence-corrected chi connectivity index (χ4v) is 3.69. The Morgan fingerprint density at radius 1 is 1.28 bits per heavy atom. The van der Waals surface area contributed by atoms with Gasteiger partial charge in [-0.1, -0.05) is 19.1 Å². The van der Waals surface area contributed by atoms with Crippen LogP contribution in [0.15, 0.2) is 17.5 Å². The van der Waals surface area contributed by atoms with E-state index in [-0.39, 0.29) is 18.6 Å². The number of carbonyl (C=O) groups is 1. The van der Waals surface area contributed by atoms with Gasteiger partial charge in [0.25, 0.3) is 0 Å². The molecule has 5 nitrogen and oxygen atoms in total. The predicted molar refractivity (Wildman–Crippen MR) is 100 cm³/mol. The molecule has 6 heteroatoms. The quantitative estimate of drug-likeness (QED) is 0.723. The molecule has 0 aliphatic carbocycles. The van der Waals surface area contributed by atoms with E-state index in [0.717, 1.165) is 40.5 Å². The smallest absolute Gasteiger partial charge is 0.343 e. The number of thiazole rings is 1. The number of aromatic nitrogens is 1. The van der Waals surface area contributed by atoms with Gasteiger partial charge in [-0.3, -0.25) is 0 Å². The minimum Gasteiger partial charge on any atom is -0.481 e. The molecule has 1 heterocycles. The number of benzene rings is 1. The Bertz CT molecular complexity index is 704. The summed E-state index contributed by atoms with van der Waals surface area (Å²) in [6, 6.07) is 4.44. The van der Waals surface area contributed by atoms with Crippen LogP contribution in [-0.2, 0) is 16.1 Å². The molecule has 1 N–H and O–H groups in total. The lowest BCUT2D eigenvalue weighted by molar-refractivity contribution is -0.142. The van der Waals surface area contributed by atoms with E-state index in [2.05, 4.69) is 39.5 Å². The molecule has 0 spiro atoms. The fraction of sp³-hybridized carbons (Fsp3) is 0.474. The Kier molecular flexibility index (Phi) is 6.96. The van der Waals surface area contributed by atoms with E-state index in [9.17, 15) is 4.79 Å². The number of hydrogen-bond donors (Lipinski definition) is 1. The van der Waals surface area contributed by atoms with Crippen molar-refractivity contribution in [1.82, 2.24) is 10.3 Å². The summed E-state index contributed by atoms with van der Waals surface area (Å²) in [6.07, 6.45) is 0.991. The highest BCUT2D eigenvalue weighted by Crippen LogP contribution is 2.26. The van der Waals surface area contributed by atoms with Crippen LogP contribution in [-0.4, -0.2) is 24.7 Å². The third kappa shape index (κ3) is 5.28. The van der Waals surface area contributed by atoms with Crippen LogP contribution in [0.25, 0.3) is 0 Å². The fourth-order valence-electron chi connectivity index (χ4n) is 2.74. The Labute approximate surface area is 153 Å². The molecule has 0 radical (unpaired) electrons. The summed E-state index contributed by atoms with van der Waals surface area (Å²) in [7, 11) is 1.36. The molecule has 2 aromatic rings. The van der Waals surface area contributed by atoms with E-state index in [1.54, 1.807) is 11.3 Å². The third-order valence-corrected chi connectivity index (χ3v) is 5.05. The Morgan fingerprint density at radius 2 is 1.96 bits per heavy atom. The van der Waals surface area contributed by atoms with E-state index in [4.69, 9.17) is 4.74 Å². The largest absolute Gasteiger partial charge is 0.481 e. The predicted octanol–water partition coefficient (Wildman–Crippen LogP) is 3.86. The van der Waals surface area contributed by atoms with Crippen LogP contribution in [0.2, 0.25) is 0 Å². The molecule has 0 bridgehead atoms. The number of esters is 1. The highest BCUT2D eigenvalue weighted by atomic mass is 32.1. The Hall–Kier alpha value is -1.92. The van der Waals surface area contributed by atoms with Gasteiger partial charge in [-0.05, 0) is 43.9 Å². The Morgan fingerprint density at radius 3 is 2.48 bits per heavy atom. The Balaban J connectivity index is 2.03. The van der Waals surface area contributed by atoms with Crippen molar-refractivity contribution in [2.24, 2.45) is 0 Å². The van der Waals surface area contributed by atoms with E-state index in [1.165, 1.54) is 12.7 Å². The average molecular weight is 362 g/mol. The molecule has 2 rings (SSSR count). The first kappa shape index (κ1) is 19.4. The first-order valence-electron chi connectivity index (χ1n) is 8.39. The number of carbonyl (C=O) groups excluding carboxylic acids is 1. The standard InChI is InChI=1S/C19H26N2O3S/c1-6-16(19-21-14(4)11-25-19)20-9-15-7-12(2)18(13(3)8-15)24-10-17(22)23-5/h7-8,11,16,20H,6,9-10H2,1-5H3. The van der Waals surface area contributed by atoms with Crippen LogP contribution in [0, 0.1) is 20.8 Å². The van der Waals surface area contributed by atoms with Crippen molar-refractivity contribution >= 4 is 17.3 Å². The normalized spacial score (nSPS) is 12.0. The van der Waals surface area contributed by atoms with Gasteiger partial charge in [0.1, 0.15) is 10.8 Å². The van der Waals surface area contributed by atoms with Crippen LogP contribution in [0.4, 0.5) is 0 Å². The van der Waals surface area contributed by atoms with Gasteiger partial charge in [0.2, 0.25) is 0 Å². The highest BCUT2D eigenvalue weighted by Gasteiger charge is 2.14. The van der Waals surface area contributed by atoms with E-state index >= 15 is 0 Å². The number of methoxy groups -OCH3 is 1. The molecule has 1 aromatic carbocycles. The molecule has 1 atom stereocenters. The lowest BCUT2D eigenvalue weighted by Gasteiger charge is -2.17. The van der Waals surface area contributed by atoms with E-state index in [1.807, 2.05) is 20.8 Å². The van der Waals surface area contributed by atoms with Gasteiger partial charge >= 0.3 is 5.97 Å². The maximum absolute atomic E-state index is 11.3. The summed E-state index contributed by atoms with van der Waals surface area (Å²) in [5, 5.41) is 6.80. The molecular formula is C19H26N2O3S. The van der Waals surface area contributed by atoms with Gasteiger partial charge < -0.3 is 14.8 Å². The maximum atomic E-state index is 11.3. The summed E-state index contributed by atoms with van der Waals surface area (Å²) in [5.41, 5.74) is 4.28. The van der Waals surface area contributed by atoms with Crippen LogP contribution >= 0.6 is 11.3 Å². The SMILES string of the molecule is CCC(NCc1cc(C)c(OCC(=O)OC)c(C)c1)c1nc(C)cs1. The highest BCUT2D eigenvalue weighted by molar-refractivity contribution is 7.09. The van der Waals surface area contributed by atoms with Crippen molar-refractivity contribution in [2.45, 2.75) is 46.7 Å². The molecule has 0 aliphatic heterocycles. The van der Waals surface area contributed by atoms with Gasteiger partial charge in [-0.25, -0.2) is 9.78 Å². The second-order valence-corrected chi connectivity index (χ2v) is 6.98. The number of ether oxygens (including phenoxy) is 2. The van der Waals surface area contributed by atoms with Gasteiger partial charge in [0.15, 0.2) is 6.61 Å². The first-order valence-corrected chi connectivity index (χ1v) is 9.27. The molecule has 1 aromatic heterocycles. The van der Waals surface area contributed by atoms with Crippen LogP contribution in [0.5, 0.6) is 5.75 Å². The van der Waals surface area contributed by atoms with Crippen LogP contribution in [0.3, 0.4) is 0 Å². The van der Waals surface area contributed by atoms with E-state index in [0.29, 0.717) is 0 Å². The minimum absolute atomic E-state index is 0.0723. The third-order valence-electron chi connectivity index (χ3n) is 3.98. The number of aryl methyl sites for hydroxylation is 3. The molecule has 0 amide bonds. The molecular weight excluding hydrogens is 336 g/mol. The zero-order valence-electron chi connectivity index (χ0n) is 15.5. The average Bonchev–Trinajstić information content (AvgIpc) is 3.00. The summed E-state index contributed by atoms with van der Waals surface area (Å²) in [6.45, 7) is 8.85. The molecule has 0 saturated carbocycles. The van der Waals surface area contributed by atoms with Crippen molar-refractivity contribution in [3.63, 3.8) is 0 Å². The maximum Gasteiger partial charge on any atom is 0.343 e. The molecule has 25 heavy (non-hydrogen) atoms. The van der Waals surface area contributed by atoms with Crippen molar-refractivity contribution in [1.29, 1.82) is 0 Å². The molecule has 0 aliphatic rings.